The number of methoxy groups -OCH3 is 2. The van der Waals surface area contributed by atoms with E-state index in [1.54, 1.807) is 48.5 Å². The largest absolute Gasteiger partial charge is 0.493 e. The third-order valence-corrected chi connectivity index (χ3v) is 6.98. The fraction of sp³-hybridized carbons (Fsp3) is 0.208. The Bertz CT molecular complexity index is 1210. The van der Waals surface area contributed by atoms with E-state index in [0.717, 1.165) is 15.4 Å². The normalized spacial score (nSPS) is 11.0. The van der Waals surface area contributed by atoms with Crippen molar-refractivity contribution in [3.8, 4) is 11.5 Å². The second-order valence-corrected chi connectivity index (χ2v) is 9.57. The van der Waals surface area contributed by atoms with E-state index >= 15 is 0 Å². The van der Waals surface area contributed by atoms with Crippen LogP contribution < -0.4 is 19.1 Å². The molecule has 33 heavy (non-hydrogen) atoms. The summed E-state index contributed by atoms with van der Waals surface area (Å²) in [5.74, 6) is 0.225. The van der Waals surface area contributed by atoms with Crippen LogP contribution in [0.4, 0.5) is 5.69 Å². The lowest BCUT2D eigenvalue weighted by Gasteiger charge is -2.24. The molecule has 0 fully saturated rings. The SMILES string of the molecule is COc1ccc(S(=O)(=O)N(CC(=O)NCc2ccc(Cl)cc2)c2ccc(C)cc2)cc1OC. The van der Waals surface area contributed by atoms with Gasteiger partial charge < -0.3 is 14.8 Å². The zero-order chi connectivity index (χ0) is 24.0. The summed E-state index contributed by atoms with van der Waals surface area (Å²) in [5, 5.41) is 3.36. The van der Waals surface area contributed by atoms with Crippen molar-refractivity contribution < 1.29 is 22.7 Å². The summed E-state index contributed by atoms with van der Waals surface area (Å²) in [6.45, 7) is 1.75. The van der Waals surface area contributed by atoms with Crippen LogP contribution >= 0.6 is 11.6 Å². The van der Waals surface area contributed by atoms with Gasteiger partial charge in [0.15, 0.2) is 11.5 Å². The molecular formula is C24H25ClN2O5S. The quantitative estimate of drug-likeness (QED) is 0.488. The molecule has 0 bridgehead atoms. The van der Waals surface area contributed by atoms with Crippen LogP contribution in [0.2, 0.25) is 5.02 Å². The summed E-state index contributed by atoms with van der Waals surface area (Å²) in [6.07, 6.45) is 0. The van der Waals surface area contributed by atoms with Gasteiger partial charge in [0, 0.05) is 17.6 Å². The number of hydrogen-bond acceptors (Lipinski definition) is 5. The van der Waals surface area contributed by atoms with Gasteiger partial charge in [0.05, 0.1) is 24.8 Å². The number of aryl methyl sites for hydroxylation is 1. The lowest BCUT2D eigenvalue weighted by Crippen LogP contribution is -2.40. The maximum atomic E-state index is 13.6. The number of benzene rings is 3. The Balaban J connectivity index is 1.90. The Labute approximate surface area is 198 Å². The molecule has 1 amide bonds. The Morgan fingerprint density at radius 3 is 2.18 bits per heavy atom. The highest BCUT2D eigenvalue weighted by atomic mass is 35.5. The number of carbonyl (C=O) groups excluding carboxylic acids is 1. The third-order valence-electron chi connectivity index (χ3n) is 4.96. The molecule has 0 saturated carbocycles. The summed E-state index contributed by atoms with van der Waals surface area (Å²) in [5.41, 5.74) is 2.18. The van der Waals surface area contributed by atoms with E-state index in [-0.39, 0.29) is 17.2 Å². The van der Waals surface area contributed by atoms with Gasteiger partial charge in [-0.1, -0.05) is 41.4 Å². The Hall–Kier alpha value is -3.23. The number of anilines is 1. The maximum absolute atomic E-state index is 13.6. The van der Waals surface area contributed by atoms with Crippen molar-refractivity contribution in [3.63, 3.8) is 0 Å². The number of hydrogen-bond donors (Lipinski definition) is 1. The van der Waals surface area contributed by atoms with Crippen LogP contribution in [0.1, 0.15) is 11.1 Å². The third kappa shape index (κ3) is 5.97. The van der Waals surface area contributed by atoms with Crippen molar-refractivity contribution in [2.45, 2.75) is 18.4 Å². The van der Waals surface area contributed by atoms with Crippen molar-refractivity contribution in [3.05, 3.63) is 82.9 Å². The van der Waals surface area contributed by atoms with Crippen molar-refractivity contribution >= 4 is 33.2 Å². The summed E-state index contributed by atoms with van der Waals surface area (Å²) >= 11 is 5.89. The van der Waals surface area contributed by atoms with Gasteiger partial charge in [-0.15, -0.1) is 0 Å². The minimum absolute atomic E-state index is 0.0220. The van der Waals surface area contributed by atoms with Gasteiger partial charge in [-0.2, -0.15) is 0 Å². The number of amides is 1. The van der Waals surface area contributed by atoms with E-state index in [9.17, 15) is 13.2 Å². The standard InChI is InChI=1S/C24H25ClN2O5S/c1-17-4-10-20(11-5-17)27(16-24(28)26-15-18-6-8-19(25)9-7-18)33(29,30)21-12-13-22(31-2)23(14-21)32-3/h4-14H,15-16H2,1-3H3,(H,26,28). The summed E-state index contributed by atoms with van der Waals surface area (Å²) < 4.78 is 38.7. The van der Waals surface area contributed by atoms with Gasteiger partial charge in [-0.3, -0.25) is 9.10 Å². The zero-order valence-electron chi connectivity index (χ0n) is 18.5. The average molecular weight is 489 g/mol. The number of halogens is 1. The summed E-state index contributed by atoms with van der Waals surface area (Å²) in [4.78, 5) is 12.7. The first kappa shape index (κ1) is 24.4. The van der Waals surface area contributed by atoms with E-state index in [4.69, 9.17) is 21.1 Å². The van der Waals surface area contributed by atoms with Gasteiger partial charge in [0.2, 0.25) is 5.91 Å². The second-order valence-electron chi connectivity index (χ2n) is 7.27. The van der Waals surface area contributed by atoms with Gasteiger partial charge in [0.1, 0.15) is 6.54 Å². The van der Waals surface area contributed by atoms with Gasteiger partial charge in [0.25, 0.3) is 10.0 Å². The van der Waals surface area contributed by atoms with E-state index in [1.807, 2.05) is 6.92 Å². The fourth-order valence-electron chi connectivity index (χ4n) is 3.12. The summed E-state index contributed by atoms with van der Waals surface area (Å²) in [6, 6.07) is 18.3. The molecule has 0 unspecified atom stereocenters. The van der Waals surface area contributed by atoms with Crippen LogP contribution in [-0.4, -0.2) is 35.1 Å². The molecule has 9 heteroatoms. The molecule has 0 aromatic heterocycles. The lowest BCUT2D eigenvalue weighted by atomic mass is 10.2. The number of rotatable bonds is 9. The van der Waals surface area contributed by atoms with E-state index in [2.05, 4.69) is 5.32 Å². The zero-order valence-corrected chi connectivity index (χ0v) is 20.1. The topological polar surface area (TPSA) is 84.9 Å². The monoisotopic (exact) mass is 488 g/mol. The molecule has 174 valence electrons. The lowest BCUT2D eigenvalue weighted by molar-refractivity contribution is -0.119. The average Bonchev–Trinajstić information content (AvgIpc) is 2.82. The molecule has 3 aromatic carbocycles. The molecule has 0 spiro atoms. The van der Waals surface area contributed by atoms with Crippen LogP contribution in [0, 0.1) is 6.92 Å². The van der Waals surface area contributed by atoms with E-state index < -0.39 is 22.5 Å². The maximum Gasteiger partial charge on any atom is 0.264 e. The minimum Gasteiger partial charge on any atom is -0.493 e. The van der Waals surface area contributed by atoms with Crippen molar-refractivity contribution in [2.75, 3.05) is 25.1 Å². The minimum atomic E-state index is -4.09. The predicted molar refractivity (Wildman–Crippen MR) is 129 cm³/mol. The van der Waals surface area contributed by atoms with Crippen molar-refractivity contribution in [2.24, 2.45) is 0 Å². The highest BCUT2D eigenvalue weighted by molar-refractivity contribution is 7.92. The highest BCUT2D eigenvalue weighted by Crippen LogP contribution is 2.32. The highest BCUT2D eigenvalue weighted by Gasteiger charge is 2.28. The molecule has 1 N–H and O–H groups in total. The van der Waals surface area contributed by atoms with E-state index in [1.165, 1.54) is 32.4 Å². The molecule has 7 nitrogen and oxygen atoms in total. The molecule has 0 saturated heterocycles. The van der Waals surface area contributed by atoms with Crippen LogP contribution in [0.25, 0.3) is 0 Å². The Morgan fingerprint density at radius 2 is 1.58 bits per heavy atom. The fourth-order valence-corrected chi connectivity index (χ4v) is 4.68. The van der Waals surface area contributed by atoms with Gasteiger partial charge in [-0.25, -0.2) is 8.42 Å². The molecule has 0 aliphatic rings. The van der Waals surface area contributed by atoms with Crippen LogP contribution in [-0.2, 0) is 21.4 Å². The van der Waals surface area contributed by atoms with Gasteiger partial charge >= 0.3 is 0 Å². The van der Waals surface area contributed by atoms with Crippen LogP contribution in [0.5, 0.6) is 11.5 Å². The van der Waals surface area contributed by atoms with Crippen molar-refractivity contribution in [1.82, 2.24) is 5.32 Å². The molecule has 0 aliphatic carbocycles. The Morgan fingerprint density at radius 1 is 0.939 bits per heavy atom. The molecule has 0 aliphatic heterocycles. The molecule has 0 radical (unpaired) electrons. The number of nitrogens with zero attached hydrogens (tertiary/aromatic N) is 1. The number of carbonyl (C=O) groups is 1. The molecular weight excluding hydrogens is 464 g/mol. The first-order chi connectivity index (χ1) is 15.7. The molecule has 3 aromatic rings. The smallest absolute Gasteiger partial charge is 0.264 e. The number of ether oxygens (including phenoxy) is 2. The molecule has 0 heterocycles. The summed E-state index contributed by atoms with van der Waals surface area (Å²) in [7, 11) is -1.19. The second kappa shape index (κ2) is 10.6. The Kier molecular flexibility index (Phi) is 7.84. The first-order valence-corrected chi connectivity index (χ1v) is 11.9. The number of sulfonamides is 1. The van der Waals surface area contributed by atoms with Gasteiger partial charge in [-0.05, 0) is 48.9 Å². The van der Waals surface area contributed by atoms with Crippen molar-refractivity contribution in [1.29, 1.82) is 0 Å². The van der Waals surface area contributed by atoms with Crippen LogP contribution in [0.15, 0.2) is 71.6 Å². The predicted octanol–water partition coefficient (Wildman–Crippen LogP) is 4.18. The van der Waals surface area contributed by atoms with Crippen LogP contribution in [0.3, 0.4) is 0 Å². The number of nitrogens with one attached hydrogen (secondary N) is 1. The molecule has 0 atom stereocenters. The first-order valence-electron chi connectivity index (χ1n) is 10.1. The molecule has 3 rings (SSSR count). The van der Waals surface area contributed by atoms with E-state index in [0.29, 0.717) is 16.5 Å².